The molecule has 76 valence electrons. The van der Waals surface area contributed by atoms with Crippen molar-refractivity contribution in [2.24, 2.45) is 5.73 Å². The highest BCUT2D eigenvalue weighted by Crippen LogP contribution is 2.01. The van der Waals surface area contributed by atoms with E-state index in [2.05, 4.69) is 4.74 Å². The molecule has 0 aromatic heterocycles. The van der Waals surface area contributed by atoms with E-state index >= 15 is 0 Å². The van der Waals surface area contributed by atoms with Gasteiger partial charge >= 0.3 is 6.16 Å². The van der Waals surface area contributed by atoms with Gasteiger partial charge in [-0.05, 0) is 12.0 Å². The highest BCUT2D eigenvalue weighted by molar-refractivity contribution is 5.56. The zero-order chi connectivity index (χ0) is 10.4. The minimum absolute atomic E-state index is 0.0320. The van der Waals surface area contributed by atoms with Gasteiger partial charge in [0.2, 0.25) is 0 Å². The molecule has 0 aliphatic rings. The molecule has 0 aliphatic carbocycles. The van der Waals surface area contributed by atoms with Crippen LogP contribution in [0.3, 0.4) is 0 Å². The van der Waals surface area contributed by atoms with Gasteiger partial charge in [0.15, 0.2) is 0 Å². The first-order valence-electron chi connectivity index (χ1n) is 4.33. The quantitative estimate of drug-likeness (QED) is 0.709. The summed E-state index contributed by atoms with van der Waals surface area (Å²) in [7, 11) is 0. The SMILES string of the molecule is N[C@@H](COC(=O)O)Cc1ccccc1. The highest BCUT2D eigenvalue weighted by atomic mass is 16.7. The van der Waals surface area contributed by atoms with E-state index in [1.165, 1.54) is 0 Å². The molecule has 1 atom stereocenters. The standard InChI is InChI=1S/C10H13NO3/c11-9(7-14-10(12)13)6-8-4-2-1-3-5-8/h1-5,9H,6-7,11H2,(H,12,13)/t9-/m1/s1. The van der Waals surface area contributed by atoms with Crippen molar-refractivity contribution < 1.29 is 14.6 Å². The molecule has 0 unspecified atom stereocenters. The summed E-state index contributed by atoms with van der Waals surface area (Å²) in [6.45, 7) is 0.0320. The van der Waals surface area contributed by atoms with Crippen molar-refractivity contribution in [3.05, 3.63) is 35.9 Å². The largest absolute Gasteiger partial charge is 0.505 e. The fourth-order valence-electron chi connectivity index (χ4n) is 1.15. The van der Waals surface area contributed by atoms with Gasteiger partial charge in [-0.15, -0.1) is 0 Å². The van der Waals surface area contributed by atoms with Crippen LogP contribution >= 0.6 is 0 Å². The van der Waals surface area contributed by atoms with Crippen LogP contribution in [0.4, 0.5) is 4.79 Å². The monoisotopic (exact) mass is 195 g/mol. The molecule has 0 fully saturated rings. The van der Waals surface area contributed by atoms with Crippen LogP contribution < -0.4 is 5.73 Å². The summed E-state index contributed by atoms with van der Waals surface area (Å²) in [5.41, 5.74) is 6.74. The fraction of sp³-hybridized carbons (Fsp3) is 0.300. The predicted molar refractivity (Wildman–Crippen MR) is 52.1 cm³/mol. The van der Waals surface area contributed by atoms with Gasteiger partial charge < -0.3 is 15.6 Å². The predicted octanol–water partition coefficient (Wildman–Crippen LogP) is 1.25. The van der Waals surface area contributed by atoms with E-state index in [0.29, 0.717) is 6.42 Å². The lowest BCUT2D eigenvalue weighted by Gasteiger charge is -2.10. The first kappa shape index (κ1) is 10.5. The van der Waals surface area contributed by atoms with Crippen molar-refractivity contribution in [3.63, 3.8) is 0 Å². The summed E-state index contributed by atoms with van der Waals surface area (Å²) in [4.78, 5) is 10.1. The Hall–Kier alpha value is -1.55. The van der Waals surface area contributed by atoms with Crippen molar-refractivity contribution in [1.29, 1.82) is 0 Å². The highest BCUT2D eigenvalue weighted by Gasteiger charge is 2.06. The average molecular weight is 195 g/mol. The van der Waals surface area contributed by atoms with Crippen LogP contribution in [-0.4, -0.2) is 23.9 Å². The van der Waals surface area contributed by atoms with Crippen LogP contribution in [0.25, 0.3) is 0 Å². The Morgan fingerprint density at radius 2 is 2.07 bits per heavy atom. The molecule has 0 radical (unpaired) electrons. The molecule has 0 spiro atoms. The van der Waals surface area contributed by atoms with Gasteiger partial charge in [-0.3, -0.25) is 0 Å². The summed E-state index contributed by atoms with van der Waals surface area (Å²) in [5.74, 6) is 0. The number of nitrogens with two attached hydrogens (primary N) is 1. The van der Waals surface area contributed by atoms with Crippen LogP contribution in [0.15, 0.2) is 30.3 Å². The molecule has 0 saturated heterocycles. The average Bonchev–Trinajstić information content (AvgIpc) is 2.16. The Morgan fingerprint density at radius 1 is 1.43 bits per heavy atom. The third-order valence-electron chi connectivity index (χ3n) is 1.76. The summed E-state index contributed by atoms with van der Waals surface area (Å²) in [6, 6.07) is 9.36. The summed E-state index contributed by atoms with van der Waals surface area (Å²) < 4.78 is 4.37. The van der Waals surface area contributed by atoms with E-state index in [0.717, 1.165) is 5.56 Å². The summed E-state index contributed by atoms with van der Waals surface area (Å²) in [5, 5.41) is 8.25. The van der Waals surface area contributed by atoms with E-state index in [9.17, 15) is 4.79 Å². The van der Waals surface area contributed by atoms with Gasteiger partial charge in [-0.25, -0.2) is 4.79 Å². The number of ether oxygens (including phenoxy) is 1. The third-order valence-corrected chi connectivity index (χ3v) is 1.76. The van der Waals surface area contributed by atoms with Gasteiger partial charge in [-0.2, -0.15) is 0 Å². The zero-order valence-electron chi connectivity index (χ0n) is 7.72. The normalized spacial score (nSPS) is 12.1. The van der Waals surface area contributed by atoms with Crippen LogP contribution in [0, 0.1) is 0 Å². The smallest absolute Gasteiger partial charge is 0.450 e. The lowest BCUT2D eigenvalue weighted by Crippen LogP contribution is -2.29. The van der Waals surface area contributed by atoms with Gasteiger partial charge in [0.25, 0.3) is 0 Å². The van der Waals surface area contributed by atoms with Crippen LogP contribution in [0.5, 0.6) is 0 Å². The molecule has 0 saturated carbocycles. The second-order valence-corrected chi connectivity index (χ2v) is 3.03. The first-order valence-corrected chi connectivity index (χ1v) is 4.33. The van der Waals surface area contributed by atoms with E-state index in [-0.39, 0.29) is 12.6 Å². The van der Waals surface area contributed by atoms with E-state index in [4.69, 9.17) is 10.8 Å². The first-order chi connectivity index (χ1) is 6.68. The number of rotatable bonds is 4. The number of carbonyl (C=O) groups is 1. The summed E-state index contributed by atoms with van der Waals surface area (Å²) in [6.07, 6.45) is -0.665. The molecule has 3 N–H and O–H groups in total. The lowest BCUT2D eigenvalue weighted by molar-refractivity contribution is 0.0862. The van der Waals surface area contributed by atoms with Crippen LogP contribution in [-0.2, 0) is 11.2 Å². The topological polar surface area (TPSA) is 72.5 Å². The maximum absolute atomic E-state index is 10.1. The minimum Gasteiger partial charge on any atom is -0.450 e. The zero-order valence-corrected chi connectivity index (χ0v) is 7.72. The molecule has 0 bridgehead atoms. The molecule has 0 heterocycles. The molecule has 4 heteroatoms. The van der Waals surface area contributed by atoms with Crippen molar-refractivity contribution in [3.8, 4) is 0 Å². The molecular weight excluding hydrogens is 182 g/mol. The van der Waals surface area contributed by atoms with E-state index in [1.54, 1.807) is 0 Å². The van der Waals surface area contributed by atoms with Gasteiger partial charge in [-0.1, -0.05) is 30.3 Å². The second kappa shape index (κ2) is 5.24. The van der Waals surface area contributed by atoms with E-state index in [1.807, 2.05) is 30.3 Å². The number of hydrogen-bond donors (Lipinski definition) is 2. The maximum Gasteiger partial charge on any atom is 0.505 e. The fourth-order valence-corrected chi connectivity index (χ4v) is 1.15. The Bertz CT molecular complexity index is 287. The second-order valence-electron chi connectivity index (χ2n) is 3.03. The van der Waals surface area contributed by atoms with E-state index < -0.39 is 6.16 Å². The Morgan fingerprint density at radius 3 is 2.64 bits per heavy atom. The molecule has 1 rings (SSSR count). The van der Waals surface area contributed by atoms with Gasteiger partial charge in [0, 0.05) is 6.04 Å². The van der Waals surface area contributed by atoms with Crippen LogP contribution in [0.2, 0.25) is 0 Å². The lowest BCUT2D eigenvalue weighted by atomic mass is 10.1. The van der Waals surface area contributed by atoms with Crippen molar-refractivity contribution in [2.45, 2.75) is 12.5 Å². The molecule has 1 aromatic rings. The Balaban J connectivity index is 2.34. The third kappa shape index (κ3) is 3.91. The number of hydrogen-bond acceptors (Lipinski definition) is 3. The Kier molecular flexibility index (Phi) is 3.94. The number of benzene rings is 1. The van der Waals surface area contributed by atoms with Crippen LogP contribution in [0.1, 0.15) is 5.56 Å². The Labute approximate surface area is 82.3 Å². The molecule has 0 aliphatic heterocycles. The minimum atomic E-state index is -1.28. The van der Waals surface area contributed by atoms with Crippen molar-refractivity contribution in [1.82, 2.24) is 0 Å². The van der Waals surface area contributed by atoms with Crippen molar-refractivity contribution >= 4 is 6.16 Å². The molecular formula is C10H13NO3. The molecule has 14 heavy (non-hydrogen) atoms. The molecule has 4 nitrogen and oxygen atoms in total. The summed E-state index contributed by atoms with van der Waals surface area (Å²) >= 11 is 0. The van der Waals surface area contributed by atoms with Gasteiger partial charge in [0.05, 0.1) is 0 Å². The molecule has 1 aromatic carbocycles. The maximum atomic E-state index is 10.1. The van der Waals surface area contributed by atoms with Crippen molar-refractivity contribution in [2.75, 3.05) is 6.61 Å². The number of carboxylic acid groups (broad SMARTS) is 1. The molecule has 0 amide bonds. The van der Waals surface area contributed by atoms with Gasteiger partial charge in [0.1, 0.15) is 6.61 Å².